The zero-order valence-corrected chi connectivity index (χ0v) is 23.0. The largest absolute Gasteiger partial charge is 0.390 e. The average Bonchev–Trinajstić information content (AvgIpc) is 2.91. The van der Waals surface area contributed by atoms with E-state index in [4.69, 9.17) is 0 Å². The Bertz CT molecular complexity index is 1230. The third-order valence-electron chi connectivity index (χ3n) is 7.69. The van der Waals surface area contributed by atoms with Gasteiger partial charge in [-0.3, -0.25) is 9.78 Å². The summed E-state index contributed by atoms with van der Waals surface area (Å²) in [4.78, 5) is 17.0. The maximum Gasteiger partial charge on any atom is 0.270 e. The molecule has 7 heteroatoms. The fourth-order valence-corrected chi connectivity index (χ4v) is 5.45. The number of rotatable bonds is 9. The monoisotopic (exact) mass is 535 g/mol. The molecule has 0 radical (unpaired) electrons. The minimum Gasteiger partial charge on any atom is -0.390 e. The number of halogens is 2. The van der Waals surface area contributed by atoms with Crippen LogP contribution in [0.1, 0.15) is 80.1 Å². The SMILES string of the molecule is CC(C)(C)c1cccc(C2(NCC(O)C(Cc3cc(F)cc(F)c3)NC(=O)c3ccccn3)CCCCC2)c1. The van der Waals surface area contributed by atoms with E-state index in [9.17, 15) is 18.7 Å². The molecule has 1 saturated carbocycles. The lowest BCUT2D eigenvalue weighted by Crippen LogP contribution is -2.53. The van der Waals surface area contributed by atoms with E-state index < -0.39 is 29.7 Å². The number of nitrogens with zero attached hydrogens (tertiary/aromatic N) is 1. The molecule has 39 heavy (non-hydrogen) atoms. The van der Waals surface area contributed by atoms with E-state index in [1.807, 2.05) is 0 Å². The van der Waals surface area contributed by atoms with Crippen LogP contribution in [0.25, 0.3) is 0 Å². The van der Waals surface area contributed by atoms with Crippen LogP contribution in [0.15, 0.2) is 66.9 Å². The van der Waals surface area contributed by atoms with E-state index in [1.165, 1.54) is 35.9 Å². The number of pyridine rings is 1. The van der Waals surface area contributed by atoms with Crippen LogP contribution in [0, 0.1) is 11.6 Å². The Balaban J connectivity index is 1.57. The first kappa shape index (κ1) is 28.8. The van der Waals surface area contributed by atoms with Crippen molar-refractivity contribution in [1.29, 1.82) is 0 Å². The standard InChI is InChI=1S/C32H39F2N3O2/c1-31(2,3)23-10-9-11-24(19-23)32(13-6-4-7-14-32)36-21-29(38)28(18-22-16-25(33)20-26(34)17-22)37-30(39)27-12-5-8-15-35-27/h5,8-12,15-17,19-20,28-29,36,38H,4,6-7,13-14,18,21H2,1-3H3,(H,37,39). The number of hydrogen-bond acceptors (Lipinski definition) is 4. The summed E-state index contributed by atoms with van der Waals surface area (Å²) >= 11 is 0. The minimum atomic E-state index is -1.02. The molecule has 1 heterocycles. The first-order valence-corrected chi connectivity index (χ1v) is 13.8. The van der Waals surface area contributed by atoms with Crippen molar-refractivity contribution in [1.82, 2.24) is 15.6 Å². The molecule has 0 bridgehead atoms. The van der Waals surface area contributed by atoms with Crippen molar-refractivity contribution in [2.75, 3.05) is 6.54 Å². The lowest BCUT2D eigenvalue weighted by atomic mass is 9.74. The van der Waals surface area contributed by atoms with Gasteiger partial charge in [-0.1, -0.05) is 70.4 Å². The molecule has 0 aliphatic heterocycles. The fourth-order valence-electron chi connectivity index (χ4n) is 5.45. The molecule has 1 amide bonds. The van der Waals surface area contributed by atoms with Gasteiger partial charge < -0.3 is 15.7 Å². The highest BCUT2D eigenvalue weighted by Gasteiger charge is 2.35. The lowest BCUT2D eigenvalue weighted by Gasteiger charge is -2.41. The number of aliphatic hydroxyl groups excluding tert-OH is 1. The highest BCUT2D eigenvalue weighted by atomic mass is 19.1. The molecule has 0 spiro atoms. The van der Waals surface area contributed by atoms with Gasteiger partial charge in [-0.05, 0) is 65.6 Å². The van der Waals surface area contributed by atoms with Crippen molar-refractivity contribution in [2.24, 2.45) is 0 Å². The zero-order valence-electron chi connectivity index (χ0n) is 23.0. The van der Waals surface area contributed by atoms with Crippen LogP contribution in [0.3, 0.4) is 0 Å². The van der Waals surface area contributed by atoms with E-state index >= 15 is 0 Å². The summed E-state index contributed by atoms with van der Waals surface area (Å²) in [5, 5.41) is 17.9. The summed E-state index contributed by atoms with van der Waals surface area (Å²) in [7, 11) is 0. The Morgan fingerprint density at radius 2 is 1.72 bits per heavy atom. The Kier molecular flexibility index (Phi) is 9.13. The van der Waals surface area contributed by atoms with Gasteiger partial charge in [0.2, 0.25) is 0 Å². The molecule has 2 atom stereocenters. The van der Waals surface area contributed by atoms with E-state index in [2.05, 4.69) is 60.7 Å². The smallest absolute Gasteiger partial charge is 0.270 e. The van der Waals surface area contributed by atoms with Gasteiger partial charge in [0.25, 0.3) is 5.91 Å². The van der Waals surface area contributed by atoms with Crippen LogP contribution in [-0.2, 0) is 17.4 Å². The molecular formula is C32H39F2N3O2. The van der Waals surface area contributed by atoms with Gasteiger partial charge >= 0.3 is 0 Å². The number of carbonyl (C=O) groups is 1. The van der Waals surface area contributed by atoms with E-state index in [1.54, 1.807) is 18.2 Å². The minimum absolute atomic E-state index is 0.00641. The molecule has 4 rings (SSSR count). The molecular weight excluding hydrogens is 496 g/mol. The van der Waals surface area contributed by atoms with Gasteiger partial charge in [-0.15, -0.1) is 0 Å². The van der Waals surface area contributed by atoms with Crippen molar-refractivity contribution in [3.05, 3.63) is 101 Å². The molecule has 3 aromatic rings. The Morgan fingerprint density at radius 1 is 1.00 bits per heavy atom. The molecule has 1 aliphatic rings. The molecule has 3 N–H and O–H groups in total. The maximum absolute atomic E-state index is 13.9. The van der Waals surface area contributed by atoms with Crippen LogP contribution < -0.4 is 10.6 Å². The predicted octanol–water partition coefficient (Wildman–Crippen LogP) is 5.81. The summed E-state index contributed by atoms with van der Waals surface area (Å²) in [6, 6.07) is 16.1. The number of hydrogen-bond donors (Lipinski definition) is 3. The topological polar surface area (TPSA) is 74.2 Å². The van der Waals surface area contributed by atoms with Crippen LogP contribution in [0.4, 0.5) is 8.78 Å². The summed E-state index contributed by atoms with van der Waals surface area (Å²) in [5.74, 6) is -1.86. The molecule has 0 saturated heterocycles. The van der Waals surface area contributed by atoms with Gasteiger partial charge in [-0.25, -0.2) is 8.78 Å². The van der Waals surface area contributed by atoms with Crippen molar-refractivity contribution in [2.45, 2.75) is 82.4 Å². The maximum atomic E-state index is 13.9. The van der Waals surface area contributed by atoms with Gasteiger partial charge in [0.15, 0.2) is 0 Å². The number of aromatic nitrogens is 1. The normalized spacial score (nSPS) is 16.9. The number of carbonyl (C=O) groups excluding carboxylic acids is 1. The summed E-state index contributed by atoms with van der Waals surface area (Å²) < 4.78 is 27.9. The van der Waals surface area contributed by atoms with Crippen LogP contribution in [-0.4, -0.2) is 34.7 Å². The van der Waals surface area contributed by atoms with Gasteiger partial charge in [0.1, 0.15) is 17.3 Å². The number of benzene rings is 2. The Morgan fingerprint density at radius 3 is 2.36 bits per heavy atom. The molecule has 208 valence electrons. The van der Waals surface area contributed by atoms with Gasteiger partial charge in [0.05, 0.1) is 12.1 Å². The van der Waals surface area contributed by atoms with Crippen LogP contribution >= 0.6 is 0 Å². The first-order chi connectivity index (χ1) is 18.6. The second-order valence-electron chi connectivity index (χ2n) is 11.7. The van der Waals surface area contributed by atoms with Crippen molar-refractivity contribution in [3.8, 4) is 0 Å². The lowest BCUT2D eigenvalue weighted by molar-refractivity contribution is 0.0784. The molecule has 1 fully saturated rings. The Hall–Kier alpha value is -3.16. The van der Waals surface area contributed by atoms with Crippen LogP contribution in [0.2, 0.25) is 0 Å². The third-order valence-corrected chi connectivity index (χ3v) is 7.69. The van der Waals surface area contributed by atoms with E-state index in [-0.39, 0.29) is 29.6 Å². The molecule has 1 aliphatic carbocycles. The molecule has 2 unspecified atom stereocenters. The van der Waals surface area contributed by atoms with Crippen molar-refractivity contribution in [3.63, 3.8) is 0 Å². The summed E-state index contributed by atoms with van der Waals surface area (Å²) in [6.45, 7) is 6.79. The highest BCUT2D eigenvalue weighted by Crippen LogP contribution is 2.38. The predicted molar refractivity (Wildman–Crippen MR) is 149 cm³/mol. The van der Waals surface area contributed by atoms with Gasteiger partial charge in [-0.2, -0.15) is 0 Å². The van der Waals surface area contributed by atoms with Gasteiger partial charge in [0, 0.05) is 24.3 Å². The fraction of sp³-hybridized carbons (Fsp3) is 0.438. The second kappa shape index (κ2) is 12.3. The van der Waals surface area contributed by atoms with Crippen LogP contribution in [0.5, 0.6) is 0 Å². The first-order valence-electron chi connectivity index (χ1n) is 13.8. The number of nitrogens with one attached hydrogen (secondary N) is 2. The molecule has 5 nitrogen and oxygen atoms in total. The Labute approximate surface area is 230 Å². The number of aliphatic hydroxyl groups is 1. The zero-order chi connectivity index (χ0) is 28.0. The third kappa shape index (κ3) is 7.49. The average molecular weight is 536 g/mol. The van der Waals surface area contributed by atoms with E-state index in [0.29, 0.717) is 5.56 Å². The van der Waals surface area contributed by atoms with Crippen molar-refractivity contribution < 1.29 is 18.7 Å². The molecule has 1 aromatic heterocycles. The number of amides is 1. The molecule has 2 aromatic carbocycles. The van der Waals surface area contributed by atoms with Crippen molar-refractivity contribution >= 4 is 5.91 Å². The quantitative estimate of drug-likeness (QED) is 0.323. The highest BCUT2D eigenvalue weighted by molar-refractivity contribution is 5.92. The summed E-state index contributed by atoms with van der Waals surface area (Å²) in [5.41, 5.74) is 2.70. The second-order valence-corrected chi connectivity index (χ2v) is 11.7. The summed E-state index contributed by atoms with van der Waals surface area (Å²) in [6.07, 6.45) is 5.75. The van der Waals surface area contributed by atoms with E-state index in [0.717, 1.165) is 31.7 Å².